The molecule has 1 amide bonds. The highest BCUT2D eigenvalue weighted by Gasteiger charge is 2.29. The zero-order valence-electron chi connectivity index (χ0n) is 16.1. The topological polar surface area (TPSA) is 95.9 Å². The van der Waals surface area contributed by atoms with Crippen LogP contribution >= 0.6 is 0 Å². The Morgan fingerprint density at radius 3 is 2.17 bits per heavy atom. The van der Waals surface area contributed by atoms with Crippen LogP contribution in [0.1, 0.15) is 28.5 Å². The van der Waals surface area contributed by atoms with Gasteiger partial charge in [0.25, 0.3) is 0 Å². The summed E-state index contributed by atoms with van der Waals surface area (Å²) < 4.78 is 5.44. The van der Waals surface area contributed by atoms with Gasteiger partial charge in [-0.2, -0.15) is 0 Å². The molecular formula is C24H21NO5. The fourth-order valence-corrected chi connectivity index (χ4v) is 3.92. The van der Waals surface area contributed by atoms with Crippen LogP contribution in [0.3, 0.4) is 0 Å². The molecule has 0 saturated carbocycles. The number of benzene rings is 3. The molecule has 1 aliphatic carbocycles. The van der Waals surface area contributed by atoms with Crippen molar-refractivity contribution in [2.75, 3.05) is 13.2 Å². The third-order valence-corrected chi connectivity index (χ3v) is 5.36. The molecule has 1 unspecified atom stereocenters. The van der Waals surface area contributed by atoms with Crippen molar-refractivity contribution in [2.45, 2.75) is 11.8 Å². The number of carboxylic acid groups (broad SMARTS) is 1. The summed E-state index contributed by atoms with van der Waals surface area (Å²) in [6, 6.07) is 22.1. The molecule has 0 aromatic heterocycles. The third-order valence-electron chi connectivity index (χ3n) is 5.36. The van der Waals surface area contributed by atoms with Crippen LogP contribution < -0.4 is 5.32 Å². The first-order valence-corrected chi connectivity index (χ1v) is 9.65. The van der Waals surface area contributed by atoms with E-state index in [0.717, 1.165) is 22.3 Å². The number of carboxylic acids is 1. The van der Waals surface area contributed by atoms with Gasteiger partial charge in [-0.25, -0.2) is 4.79 Å². The Hall–Kier alpha value is -3.80. The van der Waals surface area contributed by atoms with Gasteiger partial charge in [-0.05, 0) is 39.9 Å². The number of hydrogen-bond acceptors (Lipinski definition) is 4. The summed E-state index contributed by atoms with van der Waals surface area (Å²) in [4.78, 5) is 23.9. The van der Waals surface area contributed by atoms with E-state index in [1.807, 2.05) is 36.4 Å². The van der Waals surface area contributed by atoms with Crippen LogP contribution in [-0.2, 0) is 9.53 Å². The Kier molecular flexibility index (Phi) is 5.39. The summed E-state index contributed by atoms with van der Waals surface area (Å²) in [7, 11) is 0. The van der Waals surface area contributed by atoms with Crippen molar-refractivity contribution in [3.05, 3.63) is 89.5 Å². The van der Waals surface area contributed by atoms with Crippen LogP contribution in [0.15, 0.2) is 72.8 Å². The standard InChI is InChI=1S/C24H21NO5/c26-16-7-5-6-15(12-16)21(23(27)28)13-25-24(29)30-14-22-19-10-3-1-8-17(19)18-9-2-4-11-20(18)22/h1-12,21-22,26H,13-14H2,(H,25,29)(H,27,28). The van der Waals surface area contributed by atoms with Gasteiger partial charge in [-0.3, -0.25) is 4.79 Å². The number of phenolic OH excluding ortho intramolecular Hbond substituents is 1. The van der Waals surface area contributed by atoms with Crippen molar-refractivity contribution in [1.82, 2.24) is 5.32 Å². The molecule has 3 aromatic carbocycles. The predicted molar refractivity (Wildman–Crippen MR) is 112 cm³/mol. The van der Waals surface area contributed by atoms with Gasteiger partial charge in [-0.15, -0.1) is 0 Å². The molecule has 30 heavy (non-hydrogen) atoms. The lowest BCUT2D eigenvalue weighted by Gasteiger charge is -2.16. The van der Waals surface area contributed by atoms with Crippen molar-refractivity contribution in [3.8, 4) is 16.9 Å². The van der Waals surface area contributed by atoms with Crippen LogP contribution in [0.4, 0.5) is 4.79 Å². The number of phenols is 1. The minimum atomic E-state index is -1.10. The zero-order chi connectivity index (χ0) is 21.1. The van der Waals surface area contributed by atoms with Gasteiger partial charge in [-0.1, -0.05) is 60.7 Å². The Morgan fingerprint density at radius 1 is 0.933 bits per heavy atom. The number of fused-ring (bicyclic) bond motifs is 3. The number of nitrogens with one attached hydrogen (secondary N) is 1. The number of rotatable bonds is 6. The molecule has 4 rings (SSSR count). The fourth-order valence-electron chi connectivity index (χ4n) is 3.92. The van der Waals surface area contributed by atoms with E-state index in [9.17, 15) is 19.8 Å². The molecular weight excluding hydrogens is 382 g/mol. The number of hydrogen-bond donors (Lipinski definition) is 3. The van der Waals surface area contributed by atoms with E-state index >= 15 is 0 Å². The van der Waals surface area contributed by atoms with Crippen molar-refractivity contribution in [2.24, 2.45) is 0 Å². The highest BCUT2D eigenvalue weighted by molar-refractivity contribution is 5.79. The van der Waals surface area contributed by atoms with Crippen LogP contribution in [0, 0.1) is 0 Å². The van der Waals surface area contributed by atoms with Crippen LogP contribution in [0.2, 0.25) is 0 Å². The van der Waals surface area contributed by atoms with E-state index in [1.54, 1.807) is 12.1 Å². The number of carbonyl (C=O) groups excluding carboxylic acids is 1. The molecule has 3 N–H and O–H groups in total. The second-order valence-electron chi connectivity index (χ2n) is 7.19. The normalized spacial score (nSPS) is 13.2. The fraction of sp³-hybridized carbons (Fsp3) is 0.167. The monoisotopic (exact) mass is 403 g/mol. The lowest BCUT2D eigenvalue weighted by Crippen LogP contribution is -2.32. The maximum absolute atomic E-state index is 12.3. The summed E-state index contributed by atoms with van der Waals surface area (Å²) in [6.45, 7) is 0.0131. The molecule has 6 nitrogen and oxygen atoms in total. The van der Waals surface area contributed by atoms with Crippen LogP contribution in [0.5, 0.6) is 5.75 Å². The number of carbonyl (C=O) groups is 2. The number of alkyl carbamates (subject to hydrolysis) is 1. The minimum absolute atomic E-state index is 0.0279. The summed E-state index contributed by atoms with van der Waals surface area (Å²) in [5.41, 5.74) is 4.89. The molecule has 0 spiro atoms. The summed E-state index contributed by atoms with van der Waals surface area (Å²) in [5, 5.41) is 21.6. The maximum Gasteiger partial charge on any atom is 0.407 e. The van der Waals surface area contributed by atoms with E-state index in [0.29, 0.717) is 5.56 Å². The Labute approximate surface area is 173 Å². The Balaban J connectivity index is 1.41. The molecule has 0 radical (unpaired) electrons. The summed E-state index contributed by atoms with van der Waals surface area (Å²) in [6.07, 6.45) is -0.678. The van der Waals surface area contributed by atoms with E-state index in [1.165, 1.54) is 12.1 Å². The van der Waals surface area contributed by atoms with Crippen LogP contribution in [-0.4, -0.2) is 35.4 Å². The minimum Gasteiger partial charge on any atom is -0.508 e. The maximum atomic E-state index is 12.3. The lowest BCUT2D eigenvalue weighted by atomic mass is 9.98. The average Bonchev–Trinajstić information content (AvgIpc) is 3.06. The molecule has 1 aliphatic rings. The molecule has 0 heterocycles. The van der Waals surface area contributed by atoms with Crippen molar-refractivity contribution in [3.63, 3.8) is 0 Å². The SMILES string of the molecule is O=C(NCC(C(=O)O)c1cccc(O)c1)OCC1c2ccccc2-c2ccccc21. The number of aromatic hydroxyl groups is 1. The summed E-state index contributed by atoms with van der Waals surface area (Å²) in [5.74, 6) is -2.18. The van der Waals surface area contributed by atoms with Gasteiger partial charge in [0.1, 0.15) is 12.4 Å². The number of aliphatic carboxylic acids is 1. The molecule has 152 valence electrons. The van der Waals surface area contributed by atoms with Gasteiger partial charge in [0.05, 0.1) is 5.92 Å². The van der Waals surface area contributed by atoms with Gasteiger partial charge < -0.3 is 20.3 Å². The highest BCUT2D eigenvalue weighted by Crippen LogP contribution is 2.44. The first-order valence-electron chi connectivity index (χ1n) is 9.65. The second kappa shape index (κ2) is 8.29. The largest absolute Gasteiger partial charge is 0.508 e. The van der Waals surface area contributed by atoms with Gasteiger partial charge in [0.15, 0.2) is 0 Å². The predicted octanol–water partition coefficient (Wildman–Crippen LogP) is 4.10. The Morgan fingerprint density at radius 2 is 1.57 bits per heavy atom. The third kappa shape index (κ3) is 3.85. The smallest absolute Gasteiger partial charge is 0.407 e. The van der Waals surface area contributed by atoms with Crippen molar-refractivity contribution >= 4 is 12.1 Å². The highest BCUT2D eigenvalue weighted by atomic mass is 16.5. The number of amides is 1. The van der Waals surface area contributed by atoms with Gasteiger partial charge >= 0.3 is 12.1 Å². The van der Waals surface area contributed by atoms with E-state index in [4.69, 9.17) is 4.74 Å². The molecule has 6 heteroatoms. The molecule has 0 saturated heterocycles. The molecule has 0 fully saturated rings. The molecule has 0 bridgehead atoms. The van der Waals surface area contributed by atoms with Gasteiger partial charge in [0, 0.05) is 12.5 Å². The van der Waals surface area contributed by atoms with Crippen molar-refractivity contribution < 1.29 is 24.5 Å². The van der Waals surface area contributed by atoms with Crippen LogP contribution in [0.25, 0.3) is 11.1 Å². The Bertz CT molecular complexity index is 1050. The first-order chi connectivity index (χ1) is 14.5. The van der Waals surface area contributed by atoms with E-state index < -0.39 is 18.0 Å². The second-order valence-corrected chi connectivity index (χ2v) is 7.19. The molecule has 3 aromatic rings. The van der Waals surface area contributed by atoms with Crippen molar-refractivity contribution in [1.29, 1.82) is 0 Å². The molecule has 1 atom stereocenters. The zero-order valence-corrected chi connectivity index (χ0v) is 16.1. The van der Waals surface area contributed by atoms with E-state index in [2.05, 4.69) is 17.4 Å². The van der Waals surface area contributed by atoms with Gasteiger partial charge in [0.2, 0.25) is 0 Å². The molecule has 0 aliphatic heterocycles. The quantitative estimate of drug-likeness (QED) is 0.576. The average molecular weight is 403 g/mol. The van der Waals surface area contributed by atoms with E-state index in [-0.39, 0.29) is 24.8 Å². The lowest BCUT2D eigenvalue weighted by molar-refractivity contribution is -0.138. The number of ether oxygens (including phenoxy) is 1. The summed E-state index contributed by atoms with van der Waals surface area (Å²) >= 11 is 0. The first kappa shape index (κ1) is 19.5.